The number of carbonyl (C=O) groups excluding carboxylic acids is 2. The van der Waals surface area contributed by atoms with E-state index in [9.17, 15) is 9.59 Å². The van der Waals surface area contributed by atoms with E-state index in [0.29, 0.717) is 23.6 Å². The molecule has 0 spiro atoms. The minimum Gasteiger partial charge on any atom is -0.491 e. The number of esters is 1. The molecule has 1 aliphatic rings. The third kappa shape index (κ3) is 6.06. The first-order chi connectivity index (χ1) is 14.0. The third-order valence-corrected chi connectivity index (χ3v) is 4.83. The van der Waals surface area contributed by atoms with Crippen LogP contribution in [0.4, 0.5) is 5.69 Å². The van der Waals surface area contributed by atoms with E-state index >= 15 is 0 Å². The summed E-state index contributed by atoms with van der Waals surface area (Å²) in [5, 5.41) is 2.75. The van der Waals surface area contributed by atoms with Crippen LogP contribution in [0.2, 0.25) is 0 Å². The van der Waals surface area contributed by atoms with E-state index in [-0.39, 0.29) is 12.0 Å². The van der Waals surface area contributed by atoms with Crippen molar-refractivity contribution in [2.45, 2.75) is 45.3 Å². The number of carbonyl (C=O) groups is 2. The molecule has 1 heterocycles. The van der Waals surface area contributed by atoms with Gasteiger partial charge in [0, 0.05) is 12.3 Å². The van der Waals surface area contributed by atoms with Crippen LogP contribution < -0.4 is 10.1 Å². The molecule has 1 amide bonds. The van der Waals surface area contributed by atoms with E-state index in [2.05, 4.69) is 12.2 Å². The maximum absolute atomic E-state index is 12.3. The minimum absolute atomic E-state index is 0.136. The zero-order valence-electron chi connectivity index (χ0n) is 16.9. The van der Waals surface area contributed by atoms with Crippen molar-refractivity contribution in [3.8, 4) is 5.75 Å². The van der Waals surface area contributed by atoms with Crippen LogP contribution in [0.15, 0.2) is 48.5 Å². The van der Waals surface area contributed by atoms with Crippen LogP contribution in [-0.2, 0) is 20.7 Å². The summed E-state index contributed by atoms with van der Waals surface area (Å²) in [6, 6.07) is 14.3. The zero-order chi connectivity index (χ0) is 20.6. The molecule has 0 saturated carbocycles. The first-order valence-electron chi connectivity index (χ1n) is 10.0. The Balaban J connectivity index is 1.48. The van der Waals surface area contributed by atoms with E-state index in [0.717, 1.165) is 25.9 Å². The van der Waals surface area contributed by atoms with Crippen molar-refractivity contribution in [2.75, 3.05) is 18.5 Å². The molecule has 2 atom stereocenters. The summed E-state index contributed by atoms with van der Waals surface area (Å²) < 4.78 is 16.5. The van der Waals surface area contributed by atoms with Crippen molar-refractivity contribution in [2.24, 2.45) is 0 Å². The average molecular weight is 397 g/mol. The van der Waals surface area contributed by atoms with Gasteiger partial charge in [0.2, 0.25) is 0 Å². The summed E-state index contributed by atoms with van der Waals surface area (Å²) >= 11 is 0. The predicted octanol–water partition coefficient (Wildman–Crippen LogP) is 3.99. The van der Waals surface area contributed by atoms with Crippen LogP contribution in [0.3, 0.4) is 0 Å². The van der Waals surface area contributed by atoms with Crippen LogP contribution in [0, 0.1) is 0 Å². The minimum atomic E-state index is -0.913. The van der Waals surface area contributed by atoms with Gasteiger partial charge in [0.15, 0.2) is 6.10 Å². The molecule has 1 saturated heterocycles. The quantitative estimate of drug-likeness (QED) is 0.682. The fourth-order valence-electron chi connectivity index (χ4n) is 3.00. The fourth-order valence-corrected chi connectivity index (χ4v) is 3.00. The Kier molecular flexibility index (Phi) is 7.25. The van der Waals surface area contributed by atoms with Crippen LogP contribution in [-0.4, -0.2) is 37.3 Å². The van der Waals surface area contributed by atoms with Gasteiger partial charge in [-0.1, -0.05) is 19.1 Å². The molecule has 2 aromatic rings. The van der Waals surface area contributed by atoms with Gasteiger partial charge in [0.25, 0.3) is 5.91 Å². The maximum atomic E-state index is 12.3. The van der Waals surface area contributed by atoms with Gasteiger partial charge >= 0.3 is 5.97 Å². The van der Waals surface area contributed by atoms with Gasteiger partial charge in [0.05, 0.1) is 11.7 Å². The van der Waals surface area contributed by atoms with Gasteiger partial charge in [-0.2, -0.15) is 0 Å². The summed E-state index contributed by atoms with van der Waals surface area (Å²) in [5.41, 5.74) is 2.22. The van der Waals surface area contributed by atoms with E-state index in [4.69, 9.17) is 14.2 Å². The lowest BCUT2D eigenvalue weighted by atomic mass is 10.1. The van der Waals surface area contributed by atoms with Crippen LogP contribution in [0.1, 0.15) is 42.6 Å². The number of ether oxygens (including phenoxy) is 3. The maximum Gasteiger partial charge on any atom is 0.338 e. The molecule has 0 radical (unpaired) electrons. The van der Waals surface area contributed by atoms with E-state index in [1.165, 1.54) is 5.56 Å². The van der Waals surface area contributed by atoms with E-state index in [1.807, 2.05) is 24.3 Å². The van der Waals surface area contributed by atoms with Crippen LogP contribution >= 0.6 is 0 Å². The number of hydrogen-bond acceptors (Lipinski definition) is 5. The topological polar surface area (TPSA) is 73.9 Å². The van der Waals surface area contributed by atoms with E-state index in [1.54, 1.807) is 31.2 Å². The lowest BCUT2D eigenvalue weighted by molar-refractivity contribution is -0.123. The van der Waals surface area contributed by atoms with Crippen molar-refractivity contribution in [1.29, 1.82) is 0 Å². The van der Waals surface area contributed by atoms with Crippen LogP contribution in [0.5, 0.6) is 5.75 Å². The number of benzene rings is 2. The second-order valence-electron chi connectivity index (χ2n) is 7.06. The molecule has 0 bridgehead atoms. The SMILES string of the molecule is CCc1ccc(NC(=O)[C@@H](C)OC(=O)c2ccc(OC[C@@H]3CCCO3)cc2)cc1. The third-order valence-electron chi connectivity index (χ3n) is 4.83. The highest BCUT2D eigenvalue weighted by atomic mass is 16.5. The second-order valence-corrected chi connectivity index (χ2v) is 7.06. The van der Waals surface area contributed by atoms with Gasteiger partial charge in [0.1, 0.15) is 12.4 Å². The van der Waals surface area contributed by atoms with Crippen molar-refractivity contribution < 1.29 is 23.8 Å². The number of amides is 1. The van der Waals surface area contributed by atoms with Gasteiger partial charge in [-0.05, 0) is 68.1 Å². The zero-order valence-corrected chi connectivity index (χ0v) is 16.9. The smallest absolute Gasteiger partial charge is 0.338 e. The van der Waals surface area contributed by atoms with Crippen LogP contribution in [0.25, 0.3) is 0 Å². The first-order valence-corrected chi connectivity index (χ1v) is 10.0. The highest BCUT2D eigenvalue weighted by Gasteiger charge is 2.20. The molecule has 1 aliphatic heterocycles. The molecule has 154 valence electrons. The molecule has 3 rings (SSSR count). The second kappa shape index (κ2) is 10.1. The lowest BCUT2D eigenvalue weighted by Gasteiger charge is -2.14. The molecule has 6 heteroatoms. The molecule has 0 unspecified atom stereocenters. The Morgan fingerprint density at radius 1 is 1.14 bits per heavy atom. The first kappa shape index (κ1) is 20.9. The molecule has 2 aromatic carbocycles. The fraction of sp³-hybridized carbons (Fsp3) is 0.391. The molecular formula is C23H27NO5. The molecule has 1 N–H and O–H groups in total. The summed E-state index contributed by atoms with van der Waals surface area (Å²) in [5.74, 6) is -0.267. The number of nitrogens with one attached hydrogen (secondary N) is 1. The number of anilines is 1. The molecule has 0 aromatic heterocycles. The number of rotatable bonds is 8. The number of aryl methyl sites for hydroxylation is 1. The molecule has 29 heavy (non-hydrogen) atoms. The Hall–Kier alpha value is -2.86. The van der Waals surface area contributed by atoms with E-state index < -0.39 is 12.1 Å². The Labute approximate surface area is 171 Å². The van der Waals surface area contributed by atoms with Gasteiger partial charge in [-0.3, -0.25) is 4.79 Å². The van der Waals surface area contributed by atoms with Crippen molar-refractivity contribution in [3.63, 3.8) is 0 Å². The highest BCUT2D eigenvalue weighted by Crippen LogP contribution is 2.17. The average Bonchev–Trinajstić information content (AvgIpc) is 3.26. The molecule has 6 nitrogen and oxygen atoms in total. The molecule has 0 aliphatic carbocycles. The number of hydrogen-bond donors (Lipinski definition) is 1. The van der Waals surface area contributed by atoms with Gasteiger partial charge in [-0.15, -0.1) is 0 Å². The van der Waals surface area contributed by atoms with Gasteiger partial charge in [-0.25, -0.2) is 4.79 Å². The molecule has 1 fully saturated rings. The Morgan fingerprint density at radius 3 is 2.48 bits per heavy atom. The summed E-state index contributed by atoms with van der Waals surface area (Å²) in [7, 11) is 0. The highest BCUT2D eigenvalue weighted by molar-refractivity contribution is 5.97. The lowest BCUT2D eigenvalue weighted by Crippen LogP contribution is -2.30. The summed E-state index contributed by atoms with van der Waals surface area (Å²) in [4.78, 5) is 24.6. The predicted molar refractivity (Wildman–Crippen MR) is 110 cm³/mol. The molecular weight excluding hydrogens is 370 g/mol. The van der Waals surface area contributed by atoms with Gasteiger partial charge < -0.3 is 19.5 Å². The van der Waals surface area contributed by atoms with Crippen molar-refractivity contribution in [1.82, 2.24) is 0 Å². The summed E-state index contributed by atoms with van der Waals surface area (Å²) in [6.07, 6.45) is 2.23. The standard InChI is InChI=1S/C23H27NO5/c1-3-17-6-10-19(11-7-17)24-22(25)16(2)29-23(26)18-8-12-20(13-9-18)28-15-21-5-4-14-27-21/h6-13,16,21H,3-5,14-15H2,1-2H3,(H,24,25)/t16-,21+/m1/s1. The largest absolute Gasteiger partial charge is 0.491 e. The van der Waals surface area contributed by atoms with Crippen molar-refractivity contribution in [3.05, 3.63) is 59.7 Å². The monoisotopic (exact) mass is 397 g/mol. The Morgan fingerprint density at radius 2 is 1.86 bits per heavy atom. The normalized spacial score (nSPS) is 16.8. The Bertz CT molecular complexity index is 810. The summed E-state index contributed by atoms with van der Waals surface area (Å²) in [6.45, 7) is 4.90. The van der Waals surface area contributed by atoms with Crippen molar-refractivity contribution >= 4 is 17.6 Å².